The summed E-state index contributed by atoms with van der Waals surface area (Å²) in [5, 5.41) is 3.79. The molecular formula is C19H29NO. The predicted molar refractivity (Wildman–Crippen MR) is 88.8 cm³/mol. The molecule has 1 aromatic rings. The first-order chi connectivity index (χ1) is 10.3. The fraction of sp³-hybridized carbons (Fsp3) is 0.684. The topological polar surface area (TPSA) is 21.3 Å². The smallest absolute Gasteiger partial charge is 0.0670 e. The van der Waals surface area contributed by atoms with Crippen LogP contribution in [0.4, 0.5) is 5.69 Å². The molecule has 2 atom stereocenters. The van der Waals surface area contributed by atoms with Gasteiger partial charge in [0.1, 0.15) is 0 Å². The summed E-state index contributed by atoms with van der Waals surface area (Å²) >= 11 is 0. The second kappa shape index (κ2) is 6.39. The van der Waals surface area contributed by atoms with Gasteiger partial charge in [-0.3, -0.25) is 0 Å². The molecule has 0 aromatic heterocycles. The number of ether oxygens (including phenoxy) is 1. The van der Waals surface area contributed by atoms with Crippen molar-refractivity contribution < 1.29 is 4.74 Å². The molecule has 2 saturated carbocycles. The van der Waals surface area contributed by atoms with Crippen molar-refractivity contribution >= 4 is 5.69 Å². The Hall–Kier alpha value is -1.02. The summed E-state index contributed by atoms with van der Waals surface area (Å²) in [7, 11) is 0. The van der Waals surface area contributed by atoms with Gasteiger partial charge in [0.15, 0.2) is 0 Å². The lowest BCUT2D eigenvalue weighted by Gasteiger charge is -2.54. The van der Waals surface area contributed by atoms with Crippen LogP contribution < -0.4 is 5.32 Å². The van der Waals surface area contributed by atoms with E-state index in [4.69, 9.17) is 4.74 Å². The van der Waals surface area contributed by atoms with Crippen molar-refractivity contribution in [2.75, 3.05) is 11.9 Å². The van der Waals surface area contributed by atoms with Crippen LogP contribution in [-0.2, 0) is 11.2 Å². The van der Waals surface area contributed by atoms with Crippen molar-refractivity contribution in [3.63, 3.8) is 0 Å². The van der Waals surface area contributed by atoms with E-state index in [0.29, 0.717) is 17.6 Å². The van der Waals surface area contributed by atoms with Gasteiger partial charge < -0.3 is 10.1 Å². The van der Waals surface area contributed by atoms with Gasteiger partial charge in [0.25, 0.3) is 0 Å². The number of aryl methyl sites for hydroxylation is 1. The summed E-state index contributed by atoms with van der Waals surface area (Å²) in [4.78, 5) is 0. The first-order valence-electron chi connectivity index (χ1n) is 8.75. The number of hydrogen-bond acceptors (Lipinski definition) is 2. The first-order valence-corrected chi connectivity index (χ1v) is 8.75. The van der Waals surface area contributed by atoms with Crippen molar-refractivity contribution in [2.45, 2.75) is 70.9 Å². The third-order valence-corrected chi connectivity index (χ3v) is 5.52. The van der Waals surface area contributed by atoms with Crippen molar-refractivity contribution in [1.29, 1.82) is 0 Å². The number of hydrogen-bond donors (Lipinski definition) is 1. The lowest BCUT2D eigenvalue weighted by molar-refractivity contribution is -0.114. The third kappa shape index (κ3) is 2.83. The lowest BCUT2D eigenvalue weighted by Crippen LogP contribution is -2.60. The van der Waals surface area contributed by atoms with E-state index in [-0.39, 0.29) is 0 Å². The Labute approximate surface area is 129 Å². The van der Waals surface area contributed by atoms with Gasteiger partial charge in [-0.1, -0.05) is 38.3 Å². The van der Waals surface area contributed by atoms with Gasteiger partial charge in [-0.2, -0.15) is 0 Å². The fourth-order valence-electron chi connectivity index (χ4n) is 4.35. The number of nitrogens with one attached hydrogen (secondary N) is 1. The van der Waals surface area contributed by atoms with Gasteiger partial charge in [0.05, 0.1) is 6.10 Å². The summed E-state index contributed by atoms with van der Waals surface area (Å²) in [6.45, 7) is 5.21. The van der Waals surface area contributed by atoms with Crippen molar-refractivity contribution in [3.8, 4) is 0 Å². The van der Waals surface area contributed by atoms with Crippen LogP contribution in [-0.4, -0.2) is 18.8 Å². The molecule has 3 rings (SSSR count). The van der Waals surface area contributed by atoms with Gasteiger partial charge in [-0.05, 0) is 50.3 Å². The Morgan fingerprint density at radius 3 is 2.48 bits per heavy atom. The summed E-state index contributed by atoms with van der Waals surface area (Å²) in [5.74, 6) is 0. The van der Waals surface area contributed by atoms with Crippen LogP contribution in [0.3, 0.4) is 0 Å². The van der Waals surface area contributed by atoms with E-state index in [1.54, 1.807) is 0 Å². The van der Waals surface area contributed by atoms with E-state index in [1.807, 2.05) is 0 Å². The molecule has 2 aliphatic carbocycles. The standard InChI is InChI=1S/C19H29NO/c1-3-7-15-8-10-16(11-9-15)20-17-14-18(21-4-2)19(17)12-5-6-13-19/h8-11,17-18,20H,3-7,12-14H2,1-2H3. The largest absolute Gasteiger partial charge is 0.382 e. The lowest BCUT2D eigenvalue weighted by atomic mass is 9.60. The van der Waals surface area contributed by atoms with Crippen LogP contribution >= 0.6 is 0 Å². The molecule has 2 unspecified atom stereocenters. The molecule has 1 spiro atoms. The summed E-state index contributed by atoms with van der Waals surface area (Å²) < 4.78 is 5.99. The summed E-state index contributed by atoms with van der Waals surface area (Å²) in [6, 6.07) is 9.65. The molecule has 0 heterocycles. The molecule has 2 nitrogen and oxygen atoms in total. The highest BCUT2D eigenvalue weighted by Crippen LogP contribution is 2.55. The molecule has 2 heteroatoms. The van der Waals surface area contributed by atoms with Gasteiger partial charge >= 0.3 is 0 Å². The number of benzene rings is 1. The SMILES string of the molecule is CCCc1ccc(NC2CC(OCC)C23CCCC3)cc1. The Bertz CT molecular complexity index is 447. The molecule has 0 radical (unpaired) electrons. The number of rotatable bonds is 6. The predicted octanol–water partition coefficient (Wildman–Crippen LogP) is 4.79. The minimum Gasteiger partial charge on any atom is -0.382 e. The minimum absolute atomic E-state index is 0.415. The molecule has 1 N–H and O–H groups in total. The van der Waals surface area contributed by atoms with E-state index in [9.17, 15) is 0 Å². The molecule has 0 bridgehead atoms. The van der Waals surface area contributed by atoms with Gasteiger partial charge in [0, 0.05) is 23.8 Å². The highest BCUT2D eigenvalue weighted by atomic mass is 16.5. The zero-order valence-corrected chi connectivity index (χ0v) is 13.5. The Morgan fingerprint density at radius 2 is 1.86 bits per heavy atom. The highest BCUT2D eigenvalue weighted by Gasteiger charge is 2.56. The molecule has 116 valence electrons. The zero-order valence-electron chi connectivity index (χ0n) is 13.5. The zero-order chi connectivity index (χ0) is 14.7. The van der Waals surface area contributed by atoms with Gasteiger partial charge in [-0.15, -0.1) is 0 Å². The van der Waals surface area contributed by atoms with Crippen LogP contribution in [0.2, 0.25) is 0 Å². The molecule has 0 amide bonds. The normalized spacial score (nSPS) is 26.8. The number of anilines is 1. The van der Waals surface area contributed by atoms with Crippen molar-refractivity contribution in [2.24, 2.45) is 5.41 Å². The van der Waals surface area contributed by atoms with Crippen LogP contribution in [0.15, 0.2) is 24.3 Å². The second-order valence-corrected chi connectivity index (χ2v) is 6.76. The summed E-state index contributed by atoms with van der Waals surface area (Å²) in [5.41, 5.74) is 3.14. The maximum absolute atomic E-state index is 5.99. The minimum atomic E-state index is 0.415. The highest BCUT2D eigenvalue weighted by molar-refractivity contribution is 5.47. The molecule has 21 heavy (non-hydrogen) atoms. The summed E-state index contributed by atoms with van der Waals surface area (Å²) in [6.07, 6.45) is 9.47. The van der Waals surface area contributed by atoms with E-state index in [0.717, 1.165) is 6.61 Å². The third-order valence-electron chi connectivity index (χ3n) is 5.52. The van der Waals surface area contributed by atoms with Crippen LogP contribution in [0.5, 0.6) is 0 Å². The quantitative estimate of drug-likeness (QED) is 0.812. The van der Waals surface area contributed by atoms with E-state index in [1.165, 1.54) is 56.2 Å². The van der Waals surface area contributed by atoms with Gasteiger partial charge in [-0.25, -0.2) is 0 Å². The maximum Gasteiger partial charge on any atom is 0.0670 e. The second-order valence-electron chi connectivity index (χ2n) is 6.76. The molecular weight excluding hydrogens is 258 g/mol. The van der Waals surface area contributed by atoms with E-state index >= 15 is 0 Å². The Kier molecular flexibility index (Phi) is 4.54. The Balaban J connectivity index is 1.64. The monoisotopic (exact) mass is 287 g/mol. The molecule has 2 aliphatic rings. The first kappa shape index (κ1) is 14.9. The average Bonchev–Trinajstić information content (AvgIpc) is 3.01. The van der Waals surface area contributed by atoms with Crippen LogP contribution in [0.1, 0.15) is 57.9 Å². The van der Waals surface area contributed by atoms with Gasteiger partial charge in [0.2, 0.25) is 0 Å². The Morgan fingerprint density at radius 1 is 1.14 bits per heavy atom. The molecule has 2 fully saturated rings. The molecule has 0 aliphatic heterocycles. The molecule has 0 saturated heterocycles. The molecule has 1 aromatic carbocycles. The van der Waals surface area contributed by atoms with E-state index in [2.05, 4.69) is 43.4 Å². The van der Waals surface area contributed by atoms with Crippen LogP contribution in [0.25, 0.3) is 0 Å². The maximum atomic E-state index is 5.99. The van der Waals surface area contributed by atoms with E-state index < -0.39 is 0 Å². The average molecular weight is 287 g/mol. The van der Waals surface area contributed by atoms with Crippen molar-refractivity contribution in [1.82, 2.24) is 0 Å². The fourth-order valence-corrected chi connectivity index (χ4v) is 4.35. The van der Waals surface area contributed by atoms with Crippen LogP contribution in [0, 0.1) is 5.41 Å². The van der Waals surface area contributed by atoms with Crippen molar-refractivity contribution in [3.05, 3.63) is 29.8 Å².